The lowest BCUT2D eigenvalue weighted by atomic mass is 10.0. The number of nitrogens with one attached hydrogen (secondary N) is 1. The van der Waals surface area contributed by atoms with Crippen molar-refractivity contribution in [1.29, 1.82) is 0 Å². The lowest BCUT2D eigenvalue weighted by molar-refractivity contribution is 0.117. The Kier molecular flexibility index (Phi) is 4.38. The molecular formula is C13H22N2S. The zero-order valence-electron chi connectivity index (χ0n) is 10.3. The van der Waals surface area contributed by atoms with Crippen LogP contribution in [0.5, 0.6) is 0 Å². The highest BCUT2D eigenvalue weighted by Gasteiger charge is 2.25. The Balaban J connectivity index is 1.97. The van der Waals surface area contributed by atoms with Crippen molar-refractivity contribution in [2.24, 2.45) is 0 Å². The van der Waals surface area contributed by atoms with Crippen molar-refractivity contribution in [2.45, 2.75) is 45.3 Å². The maximum Gasteiger partial charge on any atom is 0.0246 e. The molecule has 0 amide bonds. The SMILES string of the molecule is CCC1CN(Cc2ccsc2)C(CC)CN1. The van der Waals surface area contributed by atoms with Crippen LogP contribution in [0.15, 0.2) is 16.8 Å². The van der Waals surface area contributed by atoms with E-state index in [1.165, 1.54) is 24.9 Å². The Morgan fingerprint density at radius 2 is 2.31 bits per heavy atom. The smallest absolute Gasteiger partial charge is 0.0246 e. The fourth-order valence-corrected chi connectivity index (χ4v) is 3.08. The quantitative estimate of drug-likeness (QED) is 0.867. The van der Waals surface area contributed by atoms with E-state index in [-0.39, 0.29) is 0 Å². The summed E-state index contributed by atoms with van der Waals surface area (Å²) in [6.07, 6.45) is 2.48. The van der Waals surface area contributed by atoms with E-state index >= 15 is 0 Å². The summed E-state index contributed by atoms with van der Waals surface area (Å²) in [4.78, 5) is 2.65. The molecule has 2 unspecified atom stereocenters. The summed E-state index contributed by atoms with van der Waals surface area (Å²) in [6.45, 7) is 8.04. The fourth-order valence-electron chi connectivity index (χ4n) is 2.42. The lowest BCUT2D eigenvalue weighted by Gasteiger charge is -2.39. The maximum atomic E-state index is 3.64. The fraction of sp³-hybridized carbons (Fsp3) is 0.692. The third kappa shape index (κ3) is 2.84. The van der Waals surface area contributed by atoms with Gasteiger partial charge in [-0.2, -0.15) is 11.3 Å². The van der Waals surface area contributed by atoms with E-state index in [1.807, 2.05) is 0 Å². The number of hydrogen-bond acceptors (Lipinski definition) is 3. The lowest BCUT2D eigenvalue weighted by Crippen LogP contribution is -2.55. The van der Waals surface area contributed by atoms with Gasteiger partial charge in [0.25, 0.3) is 0 Å². The molecule has 2 heterocycles. The molecule has 2 atom stereocenters. The summed E-state index contributed by atoms with van der Waals surface area (Å²) in [5, 5.41) is 8.09. The van der Waals surface area contributed by atoms with Crippen molar-refractivity contribution in [2.75, 3.05) is 13.1 Å². The van der Waals surface area contributed by atoms with Gasteiger partial charge in [0, 0.05) is 31.7 Å². The van der Waals surface area contributed by atoms with Crippen LogP contribution in [0.2, 0.25) is 0 Å². The topological polar surface area (TPSA) is 15.3 Å². The molecule has 1 N–H and O–H groups in total. The van der Waals surface area contributed by atoms with Crippen LogP contribution >= 0.6 is 11.3 Å². The van der Waals surface area contributed by atoms with E-state index in [1.54, 1.807) is 11.3 Å². The van der Waals surface area contributed by atoms with E-state index in [2.05, 4.69) is 40.9 Å². The van der Waals surface area contributed by atoms with Gasteiger partial charge in [0.1, 0.15) is 0 Å². The Bertz CT molecular complexity index is 297. The molecule has 90 valence electrons. The van der Waals surface area contributed by atoms with E-state index in [9.17, 15) is 0 Å². The molecular weight excluding hydrogens is 216 g/mol. The van der Waals surface area contributed by atoms with Gasteiger partial charge in [-0.3, -0.25) is 4.90 Å². The first kappa shape index (κ1) is 12.1. The van der Waals surface area contributed by atoms with Gasteiger partial charge in [0.15, 0.2) is 0 Å². The summed E-state index contributed by atoms with van der Waals surface area (Å²) in [7, 11) is 0. The van der Waals surface area contributed by atoms with Gasteiger partial charge < -0.3 is 5.32 Å². The van der Waals surface area contributed by atoms with Crippen molar-refractivity contribution in [3.63, 3.8) is 0 Å². The predicted octanol–water partition coefficient (Wildman–Crippen LogP) is 2.71. The van der Waals surface area contributed by atoms with Crippen LogP contribution in [0, 0.1) is 0 Å². The monoisotopic (exact) mass is 238 g/mol. The zero-order valence-corrected chi connectivity index (χ0v) is 11.1. The zero-order chi connectivity index (χ0) is 11.4. The summed E-state index contributed by atoms with van der Waals surface area (Å²) in [5.41, 5.74) is 1.47. The second-order valence-corrected chi connectivity index (χ2v) is 5.42. The minimum atomic E-state index is 0.682. The molecule has 1 aromatic rings. The molecule has 3 heteroatoms. The summed E-state index contributed by atoms with van der Waals surface area (Å²) in [6, 6.07) is 3.64. The first-order valence-corrected chi connectivity index (χ1v) is 7.26. The van der Waals surface area contributed by atoms with Gasteiger partial charge in [-0.05, 0) is 35.2 Å². The third-order valence-corrected chi connectivity index (χ3v) is 4.28. The first-order chi connectivity index (χ1) is 7.83. The Morgan fingerprint density at radius 3 is 2.94 bits per heavy atom. The maximum absolute atomic E-state index is 3.64. The molecule has 0 saturated carbocycles. The van der Waals surface area contributed by atoms with Crippen LogP contribution in [0.25, 0.3) is 0 Å². The Hall–Kier alpha value is -0.380. The molecule has 1 aliphatic heterocycles. The van der Waals surface area contributed by atoms with E-state index in [4.69, 9.17) is 0 Å². The van der Waals surface area contributed by atoms with Crippen molar-refractivity contribution in [3.05, 3.63) is 22.4 Å². The van der Waals surface area contributed by atoms with Crippen molar-refractivity contribution < 1.29 is 0 Å². The van der Waals surface area contributed by atoms with Crippen LogP contribution < -0.4 is 5.32 Å². The molecule has 16 heavy (non-hydrogen) atoms. The normalized spacial score (nSPS) is 27.1. The molecule has 1 fully saturated rings. The van der Waals surface area contributed by atoms with Crippen molar-refractivity contribution in [3.8, 4) is 0 Å². The number of rotatable bonds is 4. The van der Waals surface area contributed by atoms with Crippen molar-refractivity contribution in [1.82, 2.24) is 10.2 Å². The van der Waals surface area contributed by atoms with Gasteiger partial charge in [0.2, 0.25) is 0 Å². The van der Waals surface area contributed by atoms with Crippen LogP contribution in [0.4, 0.5) is 0 Å². The van der Waals surface area contributed by atoms with Gasteiger partial charge >= 0.3 is 0 Å². The molecule has 2 rings (SSSR count). The van der Waals surface area contributed by atoms with E-state index in [0.29, 0.717) is 12.1 Å². The second-order valence-electron chi connectivity index (χ2n) is 4.64. The molecule has 1 aromatic heterocycles. The number of nitrogens with zero attached hydrogens (tertiary/aromatic N) is 1. The van der Waals surface area contributed by atoms with Gasteiger partial charge in [-0.15, -0.1) is 0 Å². The summed E-state index contributed by atoms with van der Waals surface area (Å²) in [5.74, 6) is 0. The van der Waals surface area contributed by atoms with Gasteiger partial charge in [-0.1, -0.05) is 13.8 Å². The Labute approximate surface area is 103 Å². The van der Waals surface area contributed by atoms with Crippen LogP contribution in [0.3, 0.4) is 0 Å². The summed E-state index contributed by atoms with van der Waals surface area (Å²) >= 11 is 1.80. The van der Waals surface area contributed by atoms with Crippen LogP contribution in [0.1, 0.15) is 32.3 Å². The third-order valence-electron chi connectivity index (χ3n) is 3.54. The molecule has 0 aliphatic carbocycles. The highest BCUT2D eigenvalue weighted by atomic mass is 32.1. The predicted molar refractivity (Wildman–Crippen MR) is 70.9 cm³/mol. The van der Waals surface area contributed by atoms with E-state index in [0.717, 1.165) is 13.1 Å². The highest BCUT2D eigenvalue weighted by Crippen LogP contribution is 2.17. The summed E-state index contributed by atoms with van der Waals surface area (Å²) < 4.78 is 0. The average molecular weight is 238 g/mol. The molecule has 1 aliphatic rings. The molecule has 0 spiro atoms. The van der Waals surface area contributed by atoms with Crippen LogP contribution in [-0.4, -0.2) is 30.1 Å². The van der Waals surface area contributed by atoms with Crippen LogP contribution in [-0.2, 0) is 6.54 Å². The Morgan fingerprint density at radius 1 is 1.44 bits per heavy atom. The molecule has 0 bridgehead atoms. The molecule has 0 radical (unpaired) electrons. The molecule has 1 saturated heterocycles. The minimum Gasteiger partial charge on any atom is -0.311 e. The van der Waals surface area contributed by atoms with E-state index < -0.39 is 0 Å². The van der Waals surface area contributed by atoms with Crippen molar-refractivity contribution >= 4 is 11.3 Å². The van der Waals surface area contributed by atoms with Gasteiger partial charge in [0.05, 0.1) is 0 Å². The highest BCUT2D eigenvalue weighted by molar-refractivity contribution is 7.07. The second kappa shape index (κ2) is 5.80. The minimum absolute atomic E-state index is 0.682. The van der Waals surface area contributed by atoms with Gasteiger partial charge in [-0.25, -0.2) is 0 Å². The average Bonchev–Trinajstić information content (AvgIpc) is 2.82. The largest absolute Gasteiger partial charge is 0.311 e. The first-order valence-electron chi connectivity index (χ1n) is 6.32. The number of piperazine rings is 1. The molecule has 0 aromatic carbocycles. The molecule has 2 nitrogen and oxygen atoms in total. The number of thiophene rings is 1. The number of hydrogen-bond donors (Lipinski definition) is 1. The standard InChI is InChI=1S/C13H22N2S/c1-3-12-9-15(13(4-2)7-14-12)8-11-5-6-16-10-11/h5-6,10,12-14H,3-4,7-9H2,1-2H3.